The minimum Gasteiger partial charge on any atom is -0.310 e. The number of aromatic nitrogens is 3. The van der Waals surface area contributed by atoms with Crippen molar-refractivity contribution in [1.29, 1.82) is 0 Å². The van der Waals surface area contributed by atoms with E-state index < -0.39 is 0 Å². The lowest BCUT2D eigenvalue weighted by atomic mass is 10.0. The first-order valence-electron chi connectivity index (χ1n) is 8.62. The van der Waals surface area contributed by atoms with Crippen molar-refractivity contribution >= 4 is 45.0 Å². The minimum atomic E-state index is -0.0121. The molecule has 1 atom stereocenters. The lowest BCUT2D eigenvalue weighted by molar-refractivity contribution is -0.113. The molecule has 0 saturated heterocycles. The average molecular weight is 393 g/mol. The molecular weight excluding hydrogens is 376 g/mol. The number of hydrogen-bond acceptors (Lipinski definition) is 5. The highest BCUT2D eigenvalue weighted by atomic mass is 32.2. The molecule has 1 aliphatic heterocycles. The Kier molecular flexibility index (Phi) is 3.98. The Labute approximate surface area is 164 Å². The van der Waals surface area contributed by atoms with E-state index in [9.17, 15) is 4.79 Å². The number of aryl methyl sites for hydroxylation is 1. The molecule has 0 bridgehead atoms. The summed E-state index contributed by atoms with van der Waals surface area (Å²) in [6.07, 6.45) is 0. The van der Waals surface area contributed by atoms with Crippen molar-refractivity contribution in [2.24, 2.45) is 0 Å². The Morgan fingerprint density at radius 2 is 1.89 bits per heavy atom. The van der Waals surface area contributed by atoms with Crippen LogP contribution in [0.15, 0.2) is 54.6 Å². The molecule has 2 aromatic carbocycles. The Hall–Kier alpha value is -2.64. The predicted molar refractivity (Wildman–Crippen MR) is 111 cm³/mol. The second-order valence-electron chi connectivity index (χ2n) is 6.37. The van der Waals surface area contributed by atoms with Gasteiger partial charge in [-0.3, -0.25) is 4.79 Å². The minimum absolute atomic E-state index is 0.0121. The van der Waals surface area contributed by atoms with Gasteiger partial charge in [0.1, 0.15) is 5.82 Å². The van der Waals surface area contributed by atoms with Gasteiger partial charge < -0.3 is 5.32 Å². The fourth-order valence-corrected chi connectivity index (χ4v) is 5.48. The molecule has 1 amide bonds. The molecular formula is C20H16N4OS2. The summed E-state index contributed by atoms with van der Waals surface area (Å²) in [7, 11) is 0. The predicted octanol–water partition coefficient (Wildman–Crippen LogP) is 4.57. The number of anilines is 1. The third-order valence-electron chi connectivity index (χ3n) is 4.57. The number of thioether (sulfide) groups is 1. The van der Waals surface area contributed by atoms with Crippen molar-refractivity contribution in [3.63, 3.8) is 0 Å². The Morgan fingerprint density at radius 3 is 2.70 bits per heavy atom. The molecule has 5 rings (SSSR count). The van der Waals surface area contributed by atoms with Crippen molar-refractivity contribution in [3.05, 3.63) is 71.4 Å². The fourth-order valence-electron chi connectivity index (χ4n) is 3.36. The van der Waals surface area contributed by atoms with Crippen LogP contribution in [0.3, 0.4) is 0 Å². The summed E-state index contributed by atoms with van der Waals surface area (Å²) in [6, 6.07) is 18.3. The quantitative estimate of drug-likeness (QED) is 0.543. The Balaban J connectivity index is 1.70. The SMILES string of the molecule is Cc1nn(-c2nc3ccccc3s2)c2c1[C@H](c1ccccc1)SCC(=O)N2. The van der Waals surface area contributed by atoms with Gasteiger partial charge in [-0.05, 0) is 24.6 Å². The standard InChI is InChI=1S/C20H16N4OS2/c1-12-17-18(13-7-3-2-4-8-13)26-11-16(25)22-19(17)24(23-12)20-21-14-9-5-6-10-15(14)27-20/h2-10,18H,11H2,1H3,(H,22,25)/t18-/m0/s1. The summed E-state index contributed by atoms with van der Waals surface area (Å²) in [5.74, 6) is 1.13. The fraction of sp³-hybridized carbons (Fsp3) is 0.150. The number of nitrogens with one attached hydrogen (secondary N) is 1. The zero-order chi connectivity index (χ0) is 18.4. The molecule has 7 heteroatoms. The molecule has 134 valence electrons. The van der Waals surface area contributed by atoms with Crippen LogP contribution in [0.25, 0.3) is 15.3 Å². The van der Waals surface area contributed by atoms with E-state index in [2.05, 4.69) is 17.4 Å². The molecule has 0 spiro atoms. The molecule has 3 heterocycles. The first-order valence-corrected chi connectivity index (χ1v) is 10.5. The van der Waals surface area contributed by atoms with Gasteiger partial charge in [0, 0.05) is 5.56 Å². The number of carbonyl (C=O) groups is 1. The molecule has 5 nitrogen and oxygen atoms in total. The Morgan fingerprint density at radius 1 is 1.11 bits per heavy atom. The zero-order valence-electron chi connectivity index (χ0n) is 14.5. The summed E-state index contributed by atoms with van der Waals surface area (Å²) in [5.41, 5.74) is 4.07. The van der Waals surface area contributed by atoms with Gasteiger partial charge in [-0.15, -0.1) is 11.8 Å². The second kappa shape index (κ2) is 6.51. The number of nitrogens with zero attached hydrogens (tertiary/aromatic N) is 3. The van der Waals surface area contributed by atoms with E-state index in [1.165, 1.54) is 5.56 Å². The van der Waals surface area contributed by atoms with Crippen molar-refractivity contribution < 1.29 is 4.79 Å². The normalized spacial score (nSPS) is 16.8. The summed E-state index contributed by atoms with van der Waals surface area (Å²) >= 11 is 3.21. The number of benzene rings is 2. The third-order valence-corrected chi connectivity index (χ3v) is 6.86. The highest BCUT2D eigenvalue weighted by Crippen LogP contribution is 2.44. The summed E-state index contributed by atoms with van der Waals surface area (Å²) in [4.78, 5) is 17.1. The highest BCUT2D eigenvalue weighted by molar-refractivity contribution is 8.00. The van der Waals surface area contributed by atoms with Crippen LogP contribution in [0.4, 0.5) is 5.82 Å². The van der Waals surface area contributed by atoms with E-state index in [4.69, 9.17) is 10.1 Å². The summed E-state index contributed by atoms with van der Waals surface area (Å²) in [5, 5.41) is 8.63. The molecule has 27 heavy (non-hydrogen) atoms. The molecule has 0 radical (unpaired) electrons. The van der Waals surface area contributed by atoms with Gasteiger partial charge in [-0.1, -0.05) is 53.8 Å². The van der Waals surface area contributed by atoms with E-state index >= 15 is 0 Å². The molecule has 2 aromatic heterocycles. The summed E-state index contributed by atoms with van der Waals surface area (Å²) in [6.45, 7) is 2.00. The monoisotopic (exact) mass is 392 g/mol. The topological polar surface area (TPSA) is 59.8 Å². The lowest BCUT2D eigenvalue weighted by Gasteiger charge is -2.15. The molecule has 1 aliphatic rings. The number of thiazole rings is 1. The molecule has 4 aromatic rings. The van der Waals surface area contributed by atoms with Gasteiger partial charge in [0.2, 0.25) is 11.0 Å². The van der Waals surface area contributed by atoms with Gasteiger partial charge in [0.05, 0.1) is 26.9 Å². The van der Waals surface area contributed by atoms with Crippen LogP contribution in [0.1, 0.15) is 22.1 Å². The largest absolute Gasteiger partial charge is 0.310 e. The zero-order valence-corrected chi connectivity index (χ0v) is 16.2. The average Bonchev–Trinajstić information content (AvgIpc) is 3.19. The smallest absolute Gasteiger partial charge is 0.235 e. The maximum absolute atomic E-state index is 12.4. The second-order valence-corrected chi connectivity index (χ2v) is 8.48. The lowest BCUT2D eigenvalue weighted by Crippen LogP contribution is -2.15. The van der Waals surface area contributed by atoms with E-state index in [1.807, 2.05) is 49.4 Å². The van der Waals surface area contributed by atoms with Crippen LogP contribution >= 0.6 is 23.1 Å². The van der Waals surface area contributed by atoms with Crippen molar-refractivity contribution in [3.8, 4) is 5.13 Å². The number of amides is 1. The summed E-state index contributed by atoms with van der Waals surface area (Å²) < 4.78 is 2.89. The van der Waals surface area contributed by atoms with Crippen molar-refractivity contribution in [2.45, 2.75) is 12.2 Å². The van der Waals surface area contributed by atoms with Crippen LogP contribution in [0.5, 0.6) is 0 Å². The number of fused-ring (bicyclic) bond motifs is 2. The molecule has 0 unspecified atom stereocenters. The van der Waals surface area contributed by atoms with Crippen LogP contribution in [0.2, 0.25) is 0 Å². The van der Waals surface area contributed by atoms with E-state index in [0.717, 1.165) is 32.4 Å². The first kappa shape index (κ1) is 16.5. The Bertz CT molecular complexity index is 1120. The number of carbonyl (C=O) groups excluding carboxylic acids is 1. The molecule has 1 N–H and O–H groups in total. The van der Waals surface area contributed by atoms with Gasteiger partial charge in [0.15, 0.2) is 0 Å². The van der Waals surface area contributed by atoms with Crippen LogP contribution < -0.4 is 5.32 Å². The van der Waals surface area contributed by atoms with E-state index in [1.54, 1.807) is 27.8 Å². The maximum atomic E-state index is 12.4. The number of hydrogen-bond donors (Lipinski definition) is 1. The number of rotatable bonds is 2. The molecule has 0 fully saturated rings. The van der Waals surface area contributed by atoms with Crippen molar-refractivity contribution in [2.75, 3.05) is 11.1 Å². The molecule has 0 saturated carbocycles. The van der Waals surface area contributed by atoms with Crippen LogP contribution in [-0.4, -0.2) is 26.4 Å². The van der Waals surface area contributed by atoms with Crippen LogP contribution in [-0.2, 0) is 4.79 Å². The van der Waals surface area contributed by atoms with E-state index in [0.29, 0.717) is 5.75 Å². The third kappa shape index (κ3) is 2.83. The van der Waals surface area contributed by atoms with Gasteiger partial charge in [0.25, 0.3) is 0 Å². The van der Waals surface area contributed by atoms with E-state index in [-0.39, 0.29) is 11.2 Å². The van der Waals surface area contributed by atoms with Crippen molar-refractivity contribution in [1.82, 2.24) is 14.8 Å². The maximum Gasteiger partial charge on any atom is 0.235 e. The van der Waals surface area contributed by atoms with Gasteiger partial charge in [-0.25, -0.2) is 4.98 Å². The van der Waals surface area contributed by atoms with Crippen LogP contribution in [0, 0.1) is 6.92 Å². The van der Waals surface area contributed by atoms with Gasteiger partial charge >= 0.3 is 0 Å². The number of para-hydroxylation sites is 1. The first-order chi connectivity index (χ1) is 13.2. The molecule has 0 aliphatic carbocycles. The van der Waals surface area contributed by atoms with Gasteiger partial charge in [-0.2, -0.15) is 9.78 Å². The highest BCUT2D eigenvalue weighted by Gasteiger charge is 2.31.